The van der Waals surface area contributed by atoms with Gasteiger partial charge in [-0.15, -0.1) is 0 Å². The second-order valence-electron chi connectivity index (χ2n) is 4.05. The molecule has 0 spiro atoms. The van der Waals surface area contributed by atoms with Gasteiger partial charge in [0.2, 0.25) is 0 Å². The number of amides is 1. The van der Waals surface area contributed by atoms with Crippen molar-refractivity contribution < 1.29 is 19.8 Å². The Labute approximate surface area is 118 Å². The molecule has 0 radical (unpaired) electrons. The van der Waals surface area contributed by atoms with Crippen LogP contribution in [-0.4, -0.2) is 28.1 Å². The van der Waals surface area contributed by atoms with E-state index in [0.717, 1.165) is 3.57 Å². The first-order valence-electron chi connectivity index (χ1n) is 5.35. The van der Waals surface area contributed by atoms with E-state index >= 15 is 0 Å². The molecule has 0 heterocycles. The third-order valence-corrected chi connectivity index (χ3v) is 3.37. The van der Waals surface area contributed by atoms with E-state index in [1.807, 2.05) is 22.6 Å². The van der Waals surface area contributed by atoms with Crippen LogP contribution in [-0.2, 0) is 4.79 Å². The van der Waals surface area contributed by atoms with E-state index in [1.165, 1.54) is 13.0 Å². The summed E-state index contributed by atoms with van der Waals surface area (Å²) >= 11 is 2.03. The van der Waals surface area contributed by atoms with Gasteiger partial charge in [0.1, 0.15) is 5.75 Å². The summed E-state index contributed by atoms with van der Waals surface area (Å²) in [7, 11) is 0. The number of aromatic hydroxyl groups is 1. The zero-order valence-corrected chi connectivity index (χ0v) is 12.1. The number of carbonyl (C=O) groups is 2. The van der Waals surface area contributed by atoms with Gasteiger partial charge in [-0.25, -0.2) is 0 Å². The maximum atomic E-state index is 11.9. The lowest BCUT2D eigenvalue weighted by Gasteiger charge is -2.18. The third-order valence-electron chi connectivity index (χ3n) is 2.70. The second kappa shape index (κ2) is 6.03. The Bertz CT molecular complexity index is 475. The van der Waals surface area contributed by atoms with Gasteiger partial charge >= 0.3 is 5.97 Å². The molecule has 3 N–H and O–H groups in total. The number of phenols is 1. The van der Waals surface area contributed by atoms with Crippen molar-refractivity contribution in [1.82, 2.24) is 5.32 Å². The van der Waals surface area contributed by atoms with Gasteiger partial charge in [-0.05, 0) is 54.6 Å². The van der Waals surface area contributed by atoms with Crippen LogP contribution in [0.5, 0.6) is 5.75 Å². The van der Waals surface area contributed by atoms with Crippen molar-refractivity contribution in [2.75, 3.05) is 0 Å². The quantitative estimate of drug-likeness (QED) is 0.713. The molecule has 0 aliphatic carbocycles. The van der Waals surface area contributed by atoms with E-state index in [9.17, 15) is 14.7 Å². The van der Waals surface area contributed by atoms with Crippen LogP contribution in [0.4, 0.5) is 0 Å². The molecule has 1 aromatic carbocycles. The Hall–Kier alpha value is -1.31. The van der Waals surface area contributed by atoms with Gasteiger partial charge in [-0.1, -0.05) is 0 Å². The molecule has 0 aliphatic heterocycles. The van der Waals surface area contributed by atoms with E-state index in [2.05, 4.69) is 5.32 Å². The van der Waals surface area contributed by atoms with Crippen LogP contribution in [0.1, 0.15) is 24.2 Å². The molecule has 0 saturated carbocycles. The van der Waals surface area contributed by atoms with Crippen molar-refractivity contribution in [2.24, 2.45) is 5.92 Å². The van der Waals surface area contributed by atoms with Crippen LogP contribution in [0.3, 0.4) is 0 Å². The predicted octanol–water partition coefficient (Wildman–Crippen LogP) is 1.84. The molecule has 1 rings (SSSR count). The van der Waals surface area contributed by atoms with Gasteiger partial charge in [0.05, 0.1) is 11.5 Å². The number of aliphatic carboxylic acids is 1. The monoisotopic (exact) mass is 363 g/mol. The van der Waals surface area contributed by atoms with Crippen LogP contribution in [0.25, 0.3) is 0 Å². The third kappa shape index (κ3) is 3.59. The van der Waals surface area contributed by atoms with Gasteiger partial charge in [0.15, 0.2) is 0 Å². The van der Waals surface area contributed by atoms with Crippen LogP contribution >= 0.6 is 22.6 Å². The van der Waals surface area contributed by atoms with Crippen molar-refractivity contribution in [1.29, 1.82) is 0 Å². The van der Waals surface area contributed by atoms with Gasteiger partial charge in [-0.2, -0.15) is 0 Å². The number of halogens is 1. The summed E-state index contributed by atoms with van der Waals surface area (Å²) < 4.78 is 0.814. The molecule has 2 unspecified atom stereocenters. The normalized spacial score (nSPS) is 13.7. The fourth-order valence-electron chi connectivity index (χ4n) is 1.31. The average molecular weight is 363 g/mol. The van der Waals surface area contributed by atoms with Crippen LogP contribution < -0.4 is 5.32 Å². The number of benzene rings is 1. The molecule has 0 bridgehead atoms. The number of carboxylic acid groups (broad SMARTS) is 1. The first-order chi connectivity index (χ1) is 8.32. The molecule has 6 heteroatoms. The van der Waals surface area contributed by atoms with E-state index in [4.69, 9.17) is 5.11 Å². The second-order valence-corrected chi connectivity index (χ2v) is 5.30. The molecular formula is C12H14INO4. The van der Waals surface area contributed by atoms with Crippen LogP contribution in [0.15, 0.2) is 18.2 Å². The zero-order chi connectivity index (χ0) is 13.9. The summed E-state index contributed by atoms with van der Waals surface area (Å²) in [5.41, 5.74) is 0.145. The molecule has 0 aromatic heterocycles. The van der Waals surface area contributed by atoms with Crippen molar-refractivity contribution in [2.45, 2.75) is 19.9 Å². The molecule has 0 aliphatic rings. The summed E-state index contributed by atoms with van der Waals surface area (Å²) in [6, 6.07) is 4.13. The Balaban J connectivity index is 2.82. The van der Waals surface area contributed by atoms with Crippen LogP contribution in [0, 0.1) is 9.49 Å². The number of rotatable bonds is 4. The molecule has 5 nitrogen and oxygen atoms in total. The largest absolute Gasteiger partial charge is 0.507 e. The average Bonchev–Trinajstić information content (AvgIpc) is 2.30. The molecule has 0 fully saturated rings. The summed E-state index contributed by atoms with van der Waals surface area (Å²) in [5, 5.41) is 21.0. The molecule has 1 aromatic rings. The van der Waals surface area contributed by atoms with E-state index in [0.29, 0.717) is 0 Å². The number of carboxylic acids is 1. The topological polar surface area (TPSA) is 86.6 Å². The van der Waals surface area contributed by atoms with Gasteiger partial charge in [-0.3, -0.25) is 9.59 Å². The highest BCUT2D eigenvalue weighted by atomic mass is 127. The maximum Gasteiger partial charge on any atom is 0.308 e. The zero-order valence-electron chi connectivity index (χ0n) is 9.98. The van der Waals surface area contributed by atoms with Crippen molar-refractivity contribution in [3.63, 3.8) is 0 Å². The highest BCUT2D eigenvalue weighted by Gasteiger charge is 2.22. The Morgan fingerprint density at radius 1 is 1.33 bits per heavy atom. The highest BCUT2D eigenvalue weighted by Crippen LogP contribution is 2.20. The van der Waals surface area contributed by atoms with Crippen molar-refractivity contribution in [3.8, 4) is 5.75 Å². The van der Waals surface area contributed by atoms with Crippen LogP contribution in [0.2, 0.25) is 0 Å². The number of phenolic OH excluding ortho intramolecular Hbond substituents is 1. The molecule has 0 saturated heterocycles. The Kier molecular flexibility index (Phi) is 4.94. The number of hydrogen-bond donors (Lipinski definition) is 3. The van der Waals surface area contributed by atoms with Crippen molar-refractivity contribution in [3.05, 3.63) is 27.3 Å². The van der Waals surface area contributed by atoms with Gasteiger partial charge in [0.25, 0.3) is 5.91 Å². The first kappa shape index (κ1) is 14.7. The van der Waals surface area contributed by atoms with E-state index in [1.54, 1.807) is 19.1 Å². The molecule has 98 valence electrons. The molecular weight excluding hydrogens is 349 g/mol. The Morgan fingerprint density at radius 2 is 1.94 bits per heavy atom. The van der Waals surface area contributed by atoms with Gasteiger partial charge < -0.3 is 15.5 Å². The van der Waals surface area contributed by atoms with E-state index in [-0.39, 0.29) is 11.3 Å². The molecule has 1 amide bonds. The predicted molar refractivity (Wildman–Crippen MR) is 74.6 cm³/mol. The first-order valence-corrected chi connectivity index (χ1v) is 6.43. The minimum absolute atomic E-state index is 0.122. The lowest BCUT2D eigenvalue weighted by Crippen LogP contribution is -2.40. The molecule has 18 heavy (non-hydrogen) atoms. The van der Waals surface area contributed by atoms with Gasteiger partial charge in [0, 0.05) is 9.61 Å². The summed E-state index contributed by atoms with van der Waals surface area (Å²) in [6.45, 7) is 3.13. The minimum atomic E-state index is -0.977. The van der Waals surface area contributed by atoms with E-state index < -0.39 is 23.8 Å². The molecule has 2 atom stereocenters. The fraction of sp³-hybridized carbons (Fsp3) is 0.333. The lowest BCUT2D eigenvalue weighted by molar-refractivity contribution is -0.141. The number of nitrogens with one attached hydrogen (secondary N) is 1. The summed E-state index contributed by atoms with van der Waals surface area (Å²) in [5.74, 6) is -2.27. The summed E-state index contributed by atoms with van der Waals surface area (Å²) in [4.78, 5) is 22.7. The highest BCUT2D eigenvalue weighted by molar-refractivity contribution is 14.1. The number of carbonyl (C=O) groups excluding carboxylic acids is 1. The smallest absolute Gasteiger partial charge is 0.308 e. The SMILES string of the molecule is CC(NC(=O)c1cc(I)ccc1O)C(C)C(=O)O. The maximum absolute atomic E-state index is 11.9. The van der Waals surface area contributed by atoms with Crippen molar-refractivity contribution >= 4 is 34.5 Å². The number of hydrogen-bond acceptors (Lipinski definition) is 3. The Morgan fingerprint density at radius 3 is 2.50 bits per heavy atom. The lowest BCUT2D eigenvalue weighted by atomic mass is 10.0. The summed E-state index contributed by atoms with van der Waals surface area (Å²) in [6.07, 6.45) is 0. The minimum Gasteiger partial charge on any atom is -0.507 e. The fourth-order valence-corrected chi connectivity index (χ4v) is 1.80. The standard InChI is InChI=1S/C12H14INO4/c1-6(12(17)18)7(2)14-11(16)9-5-8(13)3-4-10(9)15/h3-7,15H,1-2H3,(H,14,16)(H,17,18).